The summed E-state index contributed by atoms with van der Waals surface area (Å²) in [5, 5.41) is 0. The van der Waals surface area contributed by atoms with Gasteiger partial charge >= 0.3 is 11.9 Å². The molecular weight excluding hydrogens is 264 g/mol. The van der Waals surface area contributed by atoms with Gasteiger partial charge in [-0.3, -0.25) is 9.59 Å². The van der Waals surface area contributed by atoms with Crippen LogP contribution in [0, 0.1) is 23.7 Å². The first-order valence-corrected chi connectivity index (χ1v) is 8.57. The van der Waals surface area contributed by atoms with E-state index in [2.05, 4.69) is 41.5 Å². The van der Waals surface area contributed by atoms with Crippen LogP contribution in [0.4, 0.5) is 0 Å². The summed E-state index contributed by atoms with van der Waals surface area (Å²) >= 11 is 0. The molecule has 0 aliphatic heterocycles. The summed E-state index contributed by atoms with van der Waals surface area (Å²) in [6.45, 7) is 12.5. The van der Waals surface area contributed by atoms with Crippen LogP contribution < -0.4 is 0 Å². The lowest BCUT2D eigenvalue weighted by atomic mass is 9.92. The van der Waals surface area contributed by atoms with Gasteiger partial charge in [-0.25, -0.2) is 0 Å². The van der Waals surface area contributed by atoms with Gasteiger partial charge in [-0.05, 0) is 37.5 Å². The zero-order valence-electron chi connectivity index (χ0n) is 14.8. The van der Waals surface area contributed by atoms with Crippen LogP contribution in [-0.2, 0) is 14.3 Å². The lowest BCUT2D eigenvalue weighted by Gasteiger charge is -2.20. The number of rotatable bonds is 10. The fourth-order valence-corrected chi connectivity index (χ4v) is 2.76. The number of esters is 2. The van der Waals surface area contributed by atoms with Gasteiger partial charge in [0.25, 0.3) is 0 Å². The van der Waals surface area contributed by atoms with Gasteiger partial charge in [0, 0.05) is 0 Å². The Kier molecular flexibility index (Phi) is 10.4. The second-order valence-electron chi connectivity index (χ2n) is 6.97. The maximum Gasteiger partial charge on any atom is 0.316 e. The minimum absolute atomic E-state index is 0.139. The van der Waals surface area contributed by atoms with Crippen molar-refractivity contribution in [1.82, 2.24) is 0 Å². The van der Waals surface area contributed by atoms with Crippen molar-refractivity contribution in [2.75, 3.05) is 0 Å². The molecule has 0 fully saturated rings. The van der Waals surface area contributed by atoms with Crippen LogP contribution in [-0.4, -0.2) is 11.9 Å². The molecule has 0 saturated heterocycles. The molecule has 0 bridgehead atoms. The van der Waals surface area contributed by atoms with Crippen molar-refractivity contribution < 1.29 is 14.3 Å². The van der Waals surface area contributed by atoms with E-state index in [1.54, 1.807) is 0 Å². The SMILES string of the molecule is CCCC(CC(C)C)C(=O)OC(=O)C(CCC)CC(C)C. The summed E-state index contributed by atoms with van der Waals surface area (Å²) in [6, 6.07) is 0. The minimum atomic E-state index is -0.319. The van der Waals surface area contributed by atoms with E-state index >= 15 is 0 Å². The smallest absolute Gasteiger partial charge is 0.316 e. The van der Waals surface area contributed by atoms with Crippen LogP contribution in [0.5, 0.6) is 0 Å². The molecule has 0 aliphatic carbocycles. The summed E-state index contributed by atoms with van der Waals surface area (Å²) in [4.78, 5) is 24.5. The van der Waals surface area contributed by atoms with Crippen LogP contribution in [0.3, 0.4) is 0 Å². The highest BCUT2D eigenvalue weighted by Crippen LogP contribution is 2.22. The third kappa shape index (κ3) is 8.90. The molecule has 124 valence electrons. The summed E-state index contributed by atoms with van der Waals surface area (Å²) < 4.78 is 5.20. The first kappa shape index (κ1) is 20.1. The Hall–Kier alpha value is -0.860. The third-order valence-corrected chi connectivity index (χ3v) is 3.65. The van der Waals surface area contributed by atoms with Crippen LogP contribution in [0.1, 0.15) is 80.1 Å². The molecule has 0 amide bonds. The Morgan fingerprint density at radius 3 is 1.33 bits per heavy atom. The normalized spacial score (nSPS) is 14.3. The summed E-state index contributed by atoms with van der Waals surface area (Å²) in [6.07, 6.45) is 5.06. The zero-order chi connectivity index (χ0) is 16.4. The van der Waals surface area contributed by atoms with Crippen LogP contribution in [0.2, 0.25) is 0 Å². The number of carbonyl (C=O) groups excluding carboxylic acids is 2. The molecule has 21 heavy (non-hydrogen) atoms. The highest BCUT2D eigenvalue weighted by atomic mass is 16.6. The predicted molar refractivity (Wildman–Crippen MR) is 86.8 cm³/mol. The Morgan fingerprint density at radius 2 is 1.10 bits per heavy atom. The molecule has 0 aromatic rings. The van der Waals surface area contributed by atoms with Crippen molar-refractivity contribution in [2.24, 2.45) is 23.7 Å². The van der Waals surface area contributed by atoms with Gasteiger partial charge < -0.3 is 4.74 Å². The Labute approximate surface area is 130 Å². The van der Waals surface area contributed by atoms with Crippen molar-refractivity contribution in [3.8, 4) is 0 Å². The van der Waals surface area contributed by atoms with Crippen molar-refractivity contribution in [2.45, 2.75) is 80.1 Å². The quantitative estimate of drug-likeness (QED) is 0.422. The van der Waals surface area contributed by atoms with Gasteiger partial charge in [-0.2, -0.15) is 0 Å². The molecule has 3 heteroatoms. The molecule has 0 N–H and O–H groups in total. The van der Waals surface area contributed by atoms with E-state index in [9.17, 15) is 9.59 Å². The van der Waals surface area contributed by atoms with Gasteiger partial charge in [0.05, 0.1) is 11.8 Å². The monoisotopic (exact) mass is 298 g/mol. The Morgan fingerprint density at radius 1 is 0.762 bits per heavy atom. The number of hydrogen-bond donors (Lipinski definition) is 0. The van der Waals surface area contributed by atoms with Gasteiger partial charge in [-0.15, -0.1) is 0 Å². The van der Waals surface area contributed by atoms with Gasteiger partial charge in [0.2, 0.25) is 0 Å². The van der Waals surface area contributed by atoms with Crippen molar-refractivity contribution >= 4 is 11.9 Å². The maximum atomic E-state index is 12.2. The topological polar surface area (TPSA) is 43.4 Å². The van der Waals surface area contributed by atoms with Crippen LogP contribution >= 0.6 is 0 Å². The standard InChI is InChI=1S/C18H34O3/c1-7-9-15(11-13(3)4)17(19)21-18(20)16(10-8-2)12-14(5)6/h13-16H,7-12H2,1-6H3. The number of hydrogen-bond acceptors (Lipinski definition) is 3. The van der Waals surface area contributed by atoms with E-state index in [0.717, 1.165) is 38.5 Å². The molecule has 0 aromatic heterocycles. The average molecular weight is 298 g/mol. The first-order chi connectivity index (χ1) is 9.81. The van der Waals surface area contributed by atoms with E-state index in [-0.39, 0.29) is 23.8 Å². The summed E-state index contributed by atoms with van der Waals surface area (Å²) in [5.74, 6) is -0.0426. The molecule has 0 aromatic carbocycles. The highest BCUT2D eigenvalue weighted by molar-refractivity contribution is 5.87. The molecule has 2 unspecified atom stereocenters. The van der Waals surface area contributed by atoms with Crippen molar-refractivity contribution in [3.63, 3.8) is 0 Å². The largest absolute Gasteiger partial charge is 0.393 e. The van der Waals surface area contributed by atoms with E-state index in [4.69, 9.17) is 4.74 Å². The van der Waals surface area contributed by atoms with Gasteiger partial charge in [-0.1, -0.05) is 54.4 Å². The van der Waals surface area contributed by atoms with E-state index in [1.165, 1.54) is 0 Å². The molecule has 0 rings (SSSR count). The Bertz CT molecular complexity index is 278. The second-order valence-corrected chi connectivity index (χ2v) is 6.97. The third-order valence-electron chi connectivity index (χ3n) is 3.65. The second kappa shape index (κ2) is 10.8. The molecular formula is C18H34O3. The highest BCUT2D eigenvalue weighted by Gasteiger charge is 2.27. The van der Waals surface area contributed by atoms with Crippen molar-refractivity contribution in [1.29, 1.82) is 0 Å². The lowest BCUT2D eigenvalue weighted by Crippen LogP contribution is -2.27. The van der Waals surface area contributed by atoms with Gasteiger partial charge in [0.15, 0.2) is 0 Å². The fourth-order valence-electron chi connectivity index (χ4n) is 2.76. The van der Waals surface area contributed by atoms with E-state index in [0.29, 0.717) is 11.8 Å². The molecule has 0 radical (unpaired) electrons. The maximum absolute atomic E-state index is 12.2. The average Bonchev–Trinajstić information content (AvgIpc) is 2.36. The fraction of sp³-hybridized carbons (Fsp3) is 0.889. The zero-order valence-corrected chi connectivity index (χ0v) is 14.8. The van der Waals surface area contributed by atoms with Crippen LogP contribution in [0.15, 0.2) is 0 Å². The molecule has 0 heterocycles. The van der Waals surface area contributed by atoms with Gasteiger partial charge in [0.1, 0.15) is 0 Å². The molecule has 0 spiro atoms. The number of ether oxygens (including phenoxy) is 1. The van der Waals surface area contributed by atoms with E-state index in [1.807, 2.05) is 0 Å². The number of carbonyl (C=O) groups is 2. The molecule has 0 aliphatic rings. The Balaban J connectivity index is 4.64. The summed E-state index contributed by atoms with van der Waals surface area (Å²) in [7, 11) is 0. The summed E-state index contributed by atoms with van der Waals surface area (Å²) in [5.41, 5.74) is 0. The minimum Gasteiger partial charge on any atom is -0.393 e. The lowest BCUT2D eigenvalue weighted by molar-refractivity contribution is -0.166. The van der Waals surface area contributed by atoms with Crippen molar-refractivity contribution in [3.05, 3.63) is 0 Å². The molecule has 3 nitrogen and oxygen atoms in total. The van der Waals surface area contributed by atoms with E-state index < -0.39 is 0 Å². The van der Waals surface area contributed by atoms with Crippen LogP contribution in [0.25, 0.3) is 0 Å². The first-order valence-electron chi connectivity index (χ1n) is 8.57. The molecule has 2 atom stereocenters. The molecule has 0 saturated carbocycles. The predicted octanol–water partition coefficient (Wildman–Crippen LogP) is 4.98.